The minimum Gasteiger partial charge on any atom is -0.351 e. The van der Waals surface area contributed by atoms with Gasteiger partial charge in [-0.15, -0.1) is 22.7 Å². The first kappa shape index (κ1) is 16.9. The van der Waals surface area contributed by atoms with E-state index in [0.717, 1.165) is 46.2 Å². The number of halogens is 1. The van der Waals surface area contributed by atoms with Gasteiger partial charge in [0.2, 0.25) is 0 Å². The van der Waals surface area contributed by atoms with Crippen LogP contribution >= 0.6 is 34.3 Å². The van der Waals surface area contributed by atoms with Crippen LogP contribution in [0.3, 0.4) is 0 Å². The van der Waals surface area contributed by atoms with Gasteiger partial charge in [-0.1, -0.05) is 11.6 Å². The molecule has 0 radical (unpaired) electrons. The summed E-state index contributed by atoms with van der Waals surface area (Å²) >= 11 is 8.90. The molecule has 1 amide bonds. The number of nitrogens with zero attached hydrogens (tertiary/aromatic N) is 2. The Morgan fingerprint density at radius 2 is 2.22 bits per heavy atom. The summed E-state index contributed by atoms with van der Waals surface area (Å²) in [5.41, 5.74) is 0.498. The van der Waals surface area contributed by atoms with E-state index >= 15 is 0 Å². The van der Waals surface area contributed by atoms with Gasteiger partial charge in [-0.25, -0.2) is 4.98 Å². The van der Waals surface area contributed by atoms with Crippen molar-refractivity contribution in [1.29, 1.82) is 0 Å². The molecule has 1 aliphatic heterocycles. The zero-order valence-electron chi connectivity index (χ0n) is 13.0. The zero-order valence-corrected chi connectivity index (χ0v) is 15.4. The van der Waals surface area contributed by atoms with Gasteiger partial charge in [0.15, 0.2) is 0 Å². The lowest BCUT2D eigenvalue weighted by atomic mass is 9.94. The van der Waals surface area contributed by atoms with Crippen LogP contribution in [0, 0.1) is 5.92 Å². The lowest BCUT2D eigenvalue weighted by molar-refractivity contribution is 0.0944. The number of aromatic nitrogens is 1. The monoisotopic (exact) mass is 369 g/mol. The first-order chi connectivity index (χ1) is 11.1. The molecule has 3 heterocycles. The Kier molecular flexibility index (Phi) is 5.69. The molecule has 124 valence electrons. The van der Waals surface area contributed by atoms with E-state index in [2.05, 4.69) is 22.2 Å². The van der Waals surface area contributed by atoms with Crippen LogP contribution in [0.4, 0.5) is 0 Å². The maximum Gasteiger partial charge on any atom is 0.270 e. The van der Waals surface area contributed by atoms with E-state index in [4.69, 9.17) is 11.6 Å². The molecule has 2 aromatic heterocycles. The molecule has 23 heavy (non-hydrogen) atoms. The van der Waals surface area contributed by atoms with Crippen molar-refractivity contribution in [3.63, 3.8) is 0 Å². The number of carbonyl (C=O) groups excluding carboxylic acids is 1. The van der Waals surface area contributed by atoms with E-state index in [1.54, 1.807) is 0 Å². The second-order valence-corrected chi connectivity index (χ2v) is 8.51. The number of nitrogens with one attached hydrogen (secondary N) is 1. The molecule has 1 saturated heterocycles. The molecule has 0 spiro atoms. The van der Waals surface area contributed by atoms with Crippen molar-refractivity contribution in [1.82, 2.24) is 15.2 Å². The Morgan fingerprint density at radius 3 is 2.91 bits per heavy atom. The number of likely N-dealkylation sites (tertiary alicyclic amines) is 1. The molecule has 7 heteroatoms. The highest BCUT2D eigenvalue weighted by molar-refractivity contribution is 7.23. The highest BCUT2D eigenvalue weighted by Crippen LogP contribution is 2.32. The van der Waals surface area contributed by atoms with Crippen molar-refractivity contribution in [3.05, 3.63) is 27.5 Å². The maximum absolute atomic E-state index is 12.2. The standard InChI is InChI=1S/C16H20ClN3OS2/c1-20-8-5-11(6-9-20)4-7-18-15(21)12-10-22-16(19-12)13-2-3-14(17)23-13/h2-3,10-11H,4-9H2,1H3,(H,18,21). The molecule has 1 N–H and O–H groups in total. The van der Waals surface area contributed by atoms with Crippen LogP contribution in [-0.2, 0) is 0 Å². The Morgan fingerprint density at radius 1 is 1.43 bits per heavy atom. The number of piperidine rings is 1. The van der Waals surface area contributed by atoms with E-state index in [9.17, 15) is 4.79 Å². The van der Waals surface area contributed by atoms with Crippen molar-refractivity contribution >= 4 is 40.2 Å². The first-order valence-electron chi connectivity index (χ1n) is 7.80. The van der Waals surface area contributed by atoms with Crippen molar-refractivity contribution in [2.75, 3.05) is 26.7 Å². The second-order valence-electron chi connectivity index (χ2n) is 5.93. The van der Waals surface area contributed by atoms with Crippen LogP contribution in [0.15, 0.2) is 17.5 Å². The molecule has 0 saturated carbocycles. The summed E-state index contributed by atoms with van der Waals surface area (Å²) in [5.74, 6) is 0.647. The summed E-state index contributed by atoms with van der Waals surface area (Å²) in [6, 6.07) is 3.79. The average Bonchev–Trinajstić information content (AvgIpc) is 3.18. The van der Waals surface area contributed by atoms with Crippen molar-refractivity contribution in [3.8, 4) is 9.88 Å². The molecule has 0 atom stereocenters. The van der Waals surface area contributed by atoms with E-state index < -0.39 is 0 Å². The normalized spacial score (nSPS) is 16.6. The summed E-state index contributed by atoms with van der Waals surface area (Å²) < 4.78 is 0.735. The fourth-order valence-corrected chi connectivity index (χ4v) is 4.67. The molecule has 4 nitrogen and oxygen atoms in total. The predicted molar refractivity (Wildman–Crippen MR) is 97.6 cm³/mol. The van der Waals surface area contributed by atoms with Gasteiger partial charge < -0.3 is 10.2 Å². The topological polar surface area (TPSA) is 45.2 Å². The van der Waals surface area contributed by atoms with Gasteiger partial charge in [0, 0.05) is 11.9 Å². The second kappa shape index (κ2) is 7.75. The quantitative estimate of drug-likeness (QED) is 0.866. The minimum atomic E-state index is -0.0805. The molecule has 1 fully saturated rings. The number of hydrogen-bond donors (Lipinski definition) is 1. The van der Waals surface area contributed by atoms with Crippen molar-refractivity contribution in [2.24, 2.45) is 5.92 Å². The number of hydrogen-bond acceptors (Lipinski definition) is 5. The fourth-order valence-electron chi connectivity index (χ4n) is 2.75. The largest absolute Gasteiger partial charge is 0.351 e. The van der Waals surface area contributed by atoms with Gasteiger partial charge in [-0.3, -0.25) is 4.79 Å². The van der Waals surface area contributed by atoms with E-state index in [-0.39, 0.29) is 5.91 Å². The third-order valence-corrected chi connectivity index (χ3v) is 6.44. The van der Waals surface area contributed by atoms with Crippen LogP contribution in [0.1, 0.15) is 29.8 Å². The molecule has 3 rings (SSSR count). The summed E-state index contributed by atoms with van der Waals surface area (Å²) in [5, 5.41) is 5.66. The van der Waals surface area contributed by atoms with E-state index in [1.807, 2.05) is 17.5 Å². The lowest BCUT2D eigenvalue weighted by Gasteiger charge is -2.28. The van der Waals surface area contributed by atoms with Gasteiger partial charge in [0.25, 0.3) is 5.91 Å². The van der Waals surface area contributed by atoms with Gasteiger partial charge >= 0.3 is 0 Å². The lowest BCUT2D eigenvalue weighted by Crippen LogP contribution is -2.32. The summed E-state index contributed by atoms with van der Waals surface area (Å²) in [4.78, 5) is 20.0. The Labute approximate surface area is 149 Å². The molecule has 0 aromatic carbocycles. The number of thiazole rings is 1. The van der Waals surface area contributed by atoms with E-state index in [0.29, 0.717) is 5.69 Å². The highest BCUT2D eigenvalue weighted by Gasteiger charge is 2.17. The van der Waals surface area contributed by atoms with E-state index in [1.165, 1.54) is 35.5 Å². The Hall–Kier alpha value is -0.950. The number of rotatable bonds is 5. The molecular weight excluding hydrogens is 350 g/mol. The third kappa shape index (κ3) is 4.53. The van der Waals surface area contributed by atoms with Gasteiger partial charge in [-0.2, -0.15) is 0 Å². The van der Waals surface area contributed by atoms with Gasteiger partial charge in [-0.05, 0) is 57.5 Å². The Bertz CT molecular complexity index is 662. The molecular formula is C16H20ClN3OS2. The number of thiophene rings is 1. The van der Waals surface area contributed by atoms with Crippen LogP contribution in [0.2, 0.25) is 4.34 Å². The third-order valence-electron chi connectivity index (χ3n) is 4.20. The summed E-state index contributed by atoms with van der Waals surface area (Å²) in [7, 11) is 2.17. The SMILES string of the molecule is CN1CCC(CCNC(=O)c2csc(-c3ccc(Cl)s3)n2)CC1. The highest BCUT2D eigenvalue weighted by atomic mass is 35.5. The maximum atomic E-state index is 12.2. The van der Waals surface area contributed by atoms with Crippen molar-refractivity contribution < 1.29 is 4.79 Å². The fraction of sp³-hybridized carbons (Fsp3) is 0.500. The zero-order chi connectivity index (χ0) is 16.2. The van der Waals surface area contributed by atoms with Crippen LogP contribution < -0.4 is 5.32 Å². The predicted octanol–water partition coefficient (Wildman–Crippen LogP) is 3.99. The van der Waals surface area contributed by atoms with Gasteiger partial charge in [0.1, 0.15) is 10.7 Å². The summed E-state index contributed by atoms with van der Waals surface area (Å²) in [6.45, 7) is 3.06. The Balaban J connectivity index is 1.48. The average molecular weight is 370 g/mol. The first-order valence-corrected chi connectivity index (χ1v) is 9.87. The number of carbonyl (C=O) groups is 1. The molecule has 0 aliphatic carbocycles. The molecule has 0 unspecified atom stereocenters. The summed E-state index contributed by atoms with van der Waals surface area (Å²) in [6.07, 6.45) is 3.51. The van der Waals surface area contributed by atoms with Crippen LogP contribution in [-0.4, -0.2) is 42.5 Å². The molecule has 2 aromatic rings. The molecule has 0 bridgehead atoms. The van der Waals surface area contributed by atoms with Crippen LogP contribution in [0.25, 0.3) is 9.88 Å². The number of amides is 1. The van der Waals surface area contributed by atoms with Crippen LogP contribution in [0.5, 0.6) is 0 Å². The van der Waals surface area contributed by atoms with Crippen molar-refractivity contribution in [2.45, 2.75) is 19.3 Å². The smallest absolute Gasteiger partial charge is 0.270 e. The minimum absolute atomic E-state index is 0.0805. The molecule has 1 aliphatic rings. The van der Waals surface area contributed by atoms with Gasteiger partial charge in [0.05, 0.1) is 9.21 Å².